The number of methoxy groups -OCH3 is 1. The Labute approximate surface area is 144 Å². The molecule has 1 aliphatic heterocycles. The first-order chi connectivity index (χ1) is 11.7. The summed E-state index contributed by atoms with van der Waals surface area (Å²) in [7, 11) is 1.62. The minimum absolute atomic E-state index is 0.144. The number of nitrogens with two attached hydrogens (primary N) is 1. The van der Waals surface area contributed by atoms with E-state index in [1.165, 1.54) is 11.3 Å². The van der Waals surface area contributed by atoms with Crippen molar-refractivity contribution >= 4 is 33.9 Å². The lowest BCUT2D eigenvalue weighted by atomic mass is 10.1. The van der Waals surface area contributed by atoms with Gasteiger partial charge >= 0.3 is 0 Å². The maximum absolute atomic E-state index is 12.4. The van der Waals surface area contributed by atoms with Crippen molar-refractivity contribution < 1.29 is 9.53 Å². The molecule has 0 radical (unpaired) electrons. The second kappa shape index (κ2) is 7.50. The predicted octanol–water partition coefficient (Wildman–Crippen LogP) is 1.96. The van der Waals surface area contributed by atoms with Crippen molar-refractivity contribution in [3.05, 3.63) is 29.1 Å². The number of amides is 1. The van der Waals surface area contributed by atoms with E-state index in [4.69, 9.17) is 10.5 Å². The number of nitrogens with one attached hydrogen (secondary N) is 3. The number of nitrogens with zero attached hydrogens (tertiary/aromatic N) is 1. The van der Waals surface area contributed by atoms with Gasteiger partial charge in [0.25, 0.3) is 5.91 Å². The molecule has 0 aliphatic carbocycles. The maximum atomic E-state index is 12.4. The molecule has 128 valence electrons. The first-order valence-corrected chi connectivity index (χ1v) is 8.66. The van der Waals surface area contributed by atoms with Crippen molar-refractivity contribution in [2.24, 2.45) is 0 Å². The van der Waals surface area contributed by atoms with Gasteiger partial charge in [-0.1, -0.05) is 11.3 Å². The standard InChI is InChI=1S/C16H21N5O2S/c1-23-12-6-4-10(5-7-12)20-16-21-14(17)13(24-16)15(22)19-11-3-2-8-18-9-11/h4-7,11,18H,2-3,8-9,17H2,1H3,(H,19,22)(H,20,21)/t11-/m0/s1. The average Bonchev–Trinajstić information content (AvgIpc) is 2.97. The topological polar surface area (TPSA) is 101 Å². The summed E-state index contributed by atoms with van der Waals surface area (Å²) in [5.74, 6) is 0.860. The number of carbonyl (C=O) groups excluding carboxylic acids is 1. The van der Waals surface area contributed by atoms with Crippen molar-refractivity contribution in [1.29, 1.82) is 0 Å². The lowest BCUT2D eigenvalue weighted by Crippen LogP contribution is -2.45. The molecule has 1 aromatic carbocycles. The summed E-state index contributed by atoms with van der Waals surface area (Å²) in [5, 5.41) is 10.0. The maximum Gasteiger partial charge on any atom is 0.265 e. The summed E-state index contributed by atoms with van der Waals surface area (Å²) in [5.41, 5.74) is 6.76. The van der Waals surface area contributed by atoms with E-state index in [2.05, 4.69) is 20.9 Å². The molecule has 1 fully saturated rings. The molecule has 2 heterocycles. The fourth-order valence-electron chi connectivity index (χ4n) is 2.57. The molecule has 1 amide bonds. The van der Waals surface area contributed by atoms with E-state index in [1.807, 2.05) is 24.3 Å². The molecule has 5 N–H and O–H groups in total. The molecule has 0 unspecified atom stereocenters. The van der Waals surface area contributed by atoms with Crippen molar-refractivity contribution in [1.82, 2.24) is 15.6 Å². The first kappa shape index (κ1) is 16.5. The molecule has 0 bridgehead atoms. The number of hydrogen-bond acceptors (Lipinski definition) is 7. The summed E-state index contributed by atoms with van der Waals surface area (Å²) in [4.78, 5) is 17.1. The van der Waals surface area contributed by atoms with Crippen LogP contribution in [0.2, 0.25) is 0 Å². The average molecular weight is 347 g/mol. The number of carbonyl (C=O) groups is 1. The van der Waals surface area contributed by atoms with Crippen molar-refractivity contribution in [2.45, 2.75) is 18.9 Å². The Kier molecular flexibility index (Phi) is 5.17. The highest BCUT2D eigenvalue weighted by Gasteiger charge is 2.21. The lowest BCUT2D eigenvalue weighted by molar-refractivity contribution is 0.0935. The minimum Gasteiger partial charge on any atom is -0.497 e. The summed E-state index contributed by atoms with van der Waals surface area (Å²) in [6, 6.07) is 7.60. The van der Waals surface area contributed by atoms with E-state index in [0.717, 1.165) is 37.4 Å². The van der Waals surface area contributed by atoms with Crippen LogP contribution in [0.3, 0.4) is 0 Å². The molecule has 1 aromatic heterocycles. The number of aromatic nitrogens is 1. The number of hydrogen-bond donors (Lipinski definition) is 4. The Balaban J connectivity index is 1.66. The molecular weight excluding hydrogens is 326 g/mol. The molecule has 8 heteroatoms. The summed E-state index contributed by atoms with van der Waals surface area (Å²) >= 11 is 1.25. The lowest BCUT2D eigenvalue weighted by Gasteiger charge is -2.23. The molecule has 24 heavy (non-hydrogen) atoms. The molecule has 2 aromatic rings. The highest BCUT2D eigenvalue weighted by atomic mass is 32.1. The molecule has 0 saturated carbocycles. The molecule has 7 nitrogen and oxygen atoms in total. The van der Waals surface area contributed by atoms with E-state index in [9.17, 15) is 4.79 Å². The Morgan fingerprint density at radius 1 is 1.42 bits per heavy atom. The van der Waals surface area contributed by atoms with Crippen LogP contribution in [0.4, 0.5) is 16.6 Å². The van der Waals surface area contributed by atoms with Gasteiger partial charge in [-0.25, -0.2) is 4.98 Å². The Hall–Kier alpha value is -2.32. The normalized spacial score (nSPS) is 17.3. The van der Waals surface area contributed by atoms with E-state index in [-0.39, 0.29) is 17.8 Å². The smallest absolute Gasteiger partial charge is 0.265 e. The van der Waals surface area contributed by atoms with Crippen molar-refractivity contribution in [2.75, 3.05) is 31.2 Å². The van der Waals surface area contributed by atoms with Gasteiger partial charge < -0.3 is 26.4 Å². The molecule has 0 spiro atoms. The Morgan fingerprint density at radius 2 is 2.21 bits per heavy atom. The molecule has 1 saturated heterocycles. The second-order valence-electron chi connectivity index (χ2n) is 5.60. The number of rotatable bonds is 5. The highest BCUT2D eigenvalue weighted by Crippen LogP contribution is 2.28. The SMILES string of the molecule is COc1ccc(Nc2nc(N)c(C(=O)N[C@H]3CCCNC3)s2)cc1. The van der Waals surface area contributed by atoms with Crippen LogP contribution in [0, 0.1) is 0 Å². The van der Waals surface area contributed by atoms with Gasteiger partial charge in [0.15, 0.2) is 5.13 Å². The van der Waals surface area contributed by atoms with Crippen LogP contribution in [0.25, 0.3) is 0 Å². The molecular formula is C16H21N5O2S. The third-order valence-corrected chi connectivity index (χ3v) is 4.82. The number of piperidine rings is 1. The fourth-order valence-corrected chi connectivity index (χ4v) is 3.38. The monoisotopic (exact) mass is 347 g/mol. The van der Waals surface area contributed by atoms with E-state index in [0.29, 0.717) is 10.0 Å². The van der Waals surface area contributed by atoms with Gasteiger partial charge in [-0.2, -0.15) is 0 Å². The Morgan fingerprint density at radius 3 is 2.88 bits per heavy atom. The highest BCUT2D eigenvalue weighted by molar-refractivity contribution is 7.18. The summed E-state index contributed by atoms with van der Waals surface area (Å²) in [6.45, 7) is 1.80. The van der Waals surface area contributed by atoms with Gasteiger partial charge in [0.2, 0.25) is 0 Å². The zero-order valence-electron chi connectivity index (χ0n) is 13.5. The van der Waals surface area contributed by atoms with Crippen LogP contribution in [0.15, 0.2) is 24.3 Å². The van der Waals surface area contributed by atoms with Crippen LogP contribution in [0.1, 0.15) is 22.5 Å². The van der Waals surface area contributed by atoms with Gasteiger partial charge in [0.05, 0.1) is 7.11 Å². The van der Waals surface area contributed by atoms with Gasteiger partial charge in [-0.05, 0) is 43.7 Å². The van der Waals surface area contributed by atoms with E-state index in [1.54, 1.807) is 7.11 Å². The van der Waals surface area contributed by atoms with E-state index < -0.39 is 0 Å². The largest absolute Gasteiger partial charge is 0.497 e. The van der Waals surface area contributed by atoms with E-state index >= 15 is 0 Å². The zero-order valence-corrected chi connectivity index (χ0v) is 14.3. The Bertz CT molecular complexity index is 695. The van der Waals surface area contributed by atoms with Crippen LogP contribution < -0.4 is 26.4 Å². The van der Waals surface area contributed by atoms with Crippen LogP contribution in [-0.2, 0) is 0 Å². The van der Waals surface area contributed by atoms with Gasteiger partial charge in [-0.3, -0.25) is 4.79 Å². The number of nitrogen functional groups attached to an aromatic ring is 1. The number of anilines is 3. The van der Waals surface area contributed by atoms with Gasteiger partial charge in [-0.15, -0.1) is 0 Å². The zero-order chi connectivity index (χ0) is 16.9. The first-order valence-electron chi connectivity index (χ1n) is 7.84. The minimum atomic E-state index is -0.165. The third-order valence-electron chi connectivity index (χ3n) is 3.83. The number of thiazole rings is 1. The molecule has 1 aliphatic rings. The predicted molar refractivity (Wildman–Crippen MR) is 96.2 cm³/mol. The second-order valence-corrected chi connectivity index (χ2v) is 6.60. The van der Waals surface area contributed by atoms with Gasteiger partial charge in [0.1, 0.15) is 16.4 Å². The van der Waals surface area contributed by atoms with Crippen LogP contribution in [-0.4, -0.2) is 37.1 Å². The molecule has 1 atom stereocenters. The van der Waals surface area contributed by atoms with Crippen LogP contribution >= 0.6 is 11.3 Å². The third kappa shape index (κ3) is 3.95. The van der Waals surface area contributed by atoms with Crippen LogP contribution in [0.5, 0.6) is 5.75 Å². The quantitative estimate of drug-likeness (QED) is 0.660. The molecule has 3 rings (SSSR count). The summed E-state index contributed by atoms with van der Waals surface area (Å²) < 4.78 is 5.13. The fraction of sp³-hybridized carbons (Fsp3) is 0.375. The van der Waals surface area contributed by atoms with Gasteiger partial charge in [0, 0.05) is 18.3 Å². The number of ether oxygens (including phenoxy) is 1. The van der Waals surface area contributed by atoms with Crippen molar-refractivity contribution in [3.63, 3.8) is 0 Å². The number of benzene rings is 1. The summed E-state index contributed by atoms with van der Waals surface area (Å²) in [6.07, 6.45) is 2.04. The van der Waals surface area contributed by atoms with Crippen molar-refractivity contribution in [3.8, 4) is 5.75 Å².